The first-order valence-electron chi connectivity index (χ1n) is 5.69. The highest BCUT2D eigenvalue weighted by atomic mass is 35.5. The molecule has 1 aliphatic rings. The second-order valence-corrected chi connectivity index (χ2v) is 4.46. The first-order valence-corrected chi connectivity index (χ1v) is 6.22. The Bertz CT molecular complexity index is 193. The van der Waals surface area contributed by atoms with Crippen LogP contribution in [0.4, 0.5) is 0 Å². The van der Waals surface area contributed by atoms with Crippen molar-refractivity contribution in [2.45, 2.75) is 51.2 Å². The first kappa shape index (κ1) is 12.8. The molecular weight excluding hydrogens is 214 g/mol. The third-order valence-electron chi connectivity index (χ3n) is 2.61. The van der Waals surface area contributed by atoms with Crippen LogP contribution in [0.1, 0.15) is 39.0 Å². The van der Waals surface area contributed by atoms with Crippen molar-refractivity contribution in [3.8, 4) is 0 Å². The zero-order valence-corrected chi connectivity index (χ0v) is 10.1. The molecule has 2 atom stereocenters. The number of carbonyl (C=O) groups is 1. The number of alkyl halides is 1. The summed E-state index contributed by atoms with van der Waals surface area (Å²) in [5.41, 5.74) is 0. The Morgan fingerprint density at radius 3 is 3.00 bits per heavy atom. The van der Waals surface area contributed by atoms with E-state index in [9.17, 15) is 4.79 Å². The number of hydrogen-bond acceptors (Lipinski definition) is 2. The molecule has 88 valence electrons. The molecule has 1 amide bonds. The molecule has 0 aliphatic carbocycles. The molecule has 0 saturated carbocycles. The molecular formula is C11H20ClNO2. The lowest BCUT2D eigenvalue weighted by atomic mass is 10.0. The monoisotopic (exact) mass is 233 g/mol. The van der Waals surface area contributed by atoms with Crippen LogP contribution in [-0.4, -0.2) is 30.5 Å². The van der Waals surface area contributed by atoms with E-state index in [0.717, 1.165) is 25.9 Å². The lowest BCUT2D eigenvalue weighted by Crippen LogP contribution is -2.34. The highest BCUT2D eigenvalue weighted by Gasteiger charge is 2.15. The van der Waals surface area contributed by atoms with Crippen molar-refractivity contribution < 1.29 is 9.53 Å². The Balaban J connectivity index is 2.10. The molecule has 0 aromatic carbocycles. The summed E-state index contributed by atoms with van der Waals surface area (Å²) in [4.78, 5) is 11.4. The van der Waals surface area contributed by atoms with Gasteiger partial charge in [-0.2, -0.15) is 0 Å². The highest BCUT2D eigenvalue weighted by Crippen LogP contribution is 2.16. The van der Waals surface area contributed by atoms with Crippen LogP contribution in [0.2, 0.25) is 0 Å². The van der Waals surface area contributed by atoms with Gasteiger partial charge in [-0.05, 0) is 32.6 Å². The average Bonchev–Trinajstić information content (AvgIpc) is 2.27. The molecule has 0 bridgehead atoms. The molecule has 15 heavy (non-hydrogen) atoms. The maximum Gasteiger partial charge on any atom is 0.220 e. The molecule has 1 aliphatic heterocycles. The van der Waals surface area contributed by atoms with E-state index in [1.165, 1.54) is 6.42 Å². The maximum absolute atomic E-state index is 11.4. The van der Waals surface area contributed by atoms with Crippen LogP contribution in [-0.2, 0) is 9.53 Å². The fourth-order valence-electron chi connectivity index (χ4n) is 1.71. The summed E-state index contributed by atoms with van der Waals surface area (Å²) < 4.78 is 5.55. The fourth-order valence-corrected chi connectivity index (χ4v) is 1.79. The molecule has 0 aromatic heterocycles. The predicted molar refractivity (Wildman–Crippen MR) is 61.1 cm³/mol. The second-order valence-electron chi connectivity index (χ2n) is 4.15. The Hall–Kier alpha value is -0.280. The Morgan fingerprint density at radius 1 is 1.60 bits per heavy atom. The zero-order chi connectivity index (χ0) is 11.1. The van der Waals surface area contributed by atoms with E-state index < -0.39 is 0 Å². The molecule has 1 saturated heterocycles. The lowest BCUT2D eigenvalue weighted by Gasteiger charge is -2.22. The Labute approximate surface area is 96.5 Å². The molecule has 1 N–H and O–H groups in total. The minimum atomic E-state index is 0.0615. The van der Waals surface area contributed by atoms with E-state index in [-0.39, 0.29) is 18.1 Å². The van der Waals surface area contributed by atoms with Crippen LogP contribution in [0.25, 0.3) is 0 Å². The molecule has 1 fully saturated rings. The lowest BCUT2D eigenvalue weighted by molar-refractivity contribution is -0.122. The average molecular weight is 234 g/mol. The van der Waals surface area contributed by atoms with Crippen molar-refractivity contribution in [3.63, 3.8) is 0 Å². The molecule has 0 radical (unpaired) electrons. The summed E-state index contributed by atoms with van der Waals surface area (Å²) in [6, 6.07) is 0.0615. The van der Waals surface area contributed by atoms with Crippen LogP contribution < -0.4 is 5.32 Å². The topological polar surface area (TPSA) is 38.3 Å². The number of ether oxygens (including phenoxy) is 1. The molecule has 1 rings (SSSR count). The van der Waals surface area contributed by atoms with Gasteiger partial charge >= 0.3 is 0 Å². The standard InChI is InChI=1S/C11H20ClNO2/c1-9(8-12)13-11(14)6-5-10-4-2-3-7-15-10/h9-10H,2-8H2,1H3,(H,13,14). The van der Waals surface area contributed by atoms with E-state index in [2.05, 4.69) is 5.32 Å². The quantitative estimate of drug-likeness (QED) is 0.739. The summed E-state index contributed by atoms with van der Waals surface area (Å²) in [5, 5.41) is 2.84. The third-order valence-corrected chi connectivity index (χ3v) is 3.07. The van der Waals surface area contributed by atoms with Gasteiger partial charge in [0.25, 0.3) is 0 Å². The molecule has 1 heterocycles. The smallest absolute Gasteiger partial charge is 0.220 e. The van der Waals surface area contributed by atoms with Gasteiger partial charge in [0.1, 0.15) is 0 Å². The molecule has 0 spiro atoms. The predicted octanol–water partition coefficient (Wildman–Crippen LogP) is 2.08. The normalized spacial score (nSPS) is 23.5. The van der Waals surface area contributed by atoms with Crippen molar-refractivity contribution >= 4 is 17.5 Å². The van der Waals surface area contributed by atoms with Gasteiger partial charge in [0.15, 0.2) is 0 Å². The van der Waals surface area contributed by atoms with Crippen molar-refractivity contribution in [1.29, 1.82) is 0 Å². The highest BCUT2D eigenvalue weighted by molar-refractivity contribution is 6.18. The number of carbonyl (C=O) groups excluding carboxylic acids is 1. The summed E-state index contributed by atoms with van der Waals surface area (Å²) >= 11 is 5.61. The van der Waals surface area contributed by atoms with E-state index in [4.69, 9.17) is 16.3 Å². The number of hydrogen-bond donors (Lipinski definition) is 1. The third kappa shape index (κ3) is 5.38. The van der Waals surface area contributed by atoms with E-state index >= 15 is 0 Å². The number of amides is 1. The molecule has 0 aromatic rings. The fraction of sp³-hybridized carbons (Fsp3) is 0.909. The summed E-state index contributed by atoms with van der Waals surface area (Å²) in [6.45, 7) is 2.76. The number of rotatable bonds is 5. The van der Waals surface area contributed by atoms with Gasteiger partial charge < -0.3 is 10.1 Å². The minimum absolute atomic E-state index is 0.0615. The maximum atomic E-state index is 11.4. The van der Waals surface area contributed by atoms with E-state index in [1.807, 2.05) is 6.92 Å². The number of halogens is 1. The van der Waals surface area contributed by atoms with Crippen molar-refractivity contribution in [3.05, 3.63) is 0 Å². The minimum Gasteiger partial charge on any atom is -0.378 e. The van der Waals surface area contributed by atoms with Crippen LogP contribution in [0.15, 0.2) is 0 Å². The molecule has 4 heteroatoms. The van der Waals surface area contributed by atoms with Gasteiger partial charge in [-0.1, -0.05) is 0 Å². The Kier molecular flexibility index (Phi) is 6.03. The SMILES string of the molecule is CC(CCl)NC(=O)CCC1CCCCO1. The van der Waals surface area contributed by atoms with Crippen LogP contribution >= 0.6 is 11.6 Å². The van der Waals surface area contributed by atoms with E-state index in [1.54, 1.807) is 0 Å². The van der Waals surface area contributed by atoms with Gasteiger partial charge in [0, 0.05) is 24.9 Å². The number of nitrogens with one attached hydrogen (secondary N) is 1. The summed E-state index contributed by atoms with van der Waals surface area (Å²) in [5.74, 6) is 0.545. The van der Waals surface area contributed by atoms with Gasteiger partial charge in [0.05, 0.1) is 6.10 Å². The molecule has 3 nitrogen and oxygen atoms in total. The van der Waals surface area contributed by atoms with Crippen LogP contribution in [0.5, 0.6) is 0 Å². The van der Waals surface area contributed by atoms with Crippen molar-refractivity contribution in [1.82, 2.24) is 5.32 Å². The van der Waals surface area contributed by atoms with Gasteiger partial charge in [-0.25, -0.2) is 0 Å². The summed E-state index contributed by atoms with van der Waals surface area (Å²) in [6.07, 6.45) is 5.15. The van der Waals surface area contributed by atoms with Crippen molar-refractivity contribution in [2.24, 2.45) is 0 Å². The van der Waals surface area contributed by atoms with E-state index in [0.29, 0.717) is 12.3 Å². The molecule has 2 unspecified atom stereocenters. The first-order chi connectivity index (χ1) is 7.22. The zero-order valence-electron chi connectivity index (χ0n) is 9.30. The van der Waals surface area contributed by atoms with Crippen molar-refractivity contribution in [2.75, 3.05) is 12.5 Å². The Morgan fingerprint density at radius 2 is 2.40 bits per heavy atom. The van der Waals surface area contributed by atoms with Gasteiger partial charge in [0.2, 0.25) is 5.91 Å². The largest absolute Gasteiger partial charge is 0.378 e. The van der Waals surface area contributed by atoms with Crippen LogP contribution in [0, 0.1) is 0 Å². The van der Waals surface area contributed by atoms with Gasteiger partial charge in [-0.15, -0.1) is 11.6 Å². The van der Waals surface area contributed by atoms with Gasteiger partial charge in [-0.3, -0.25) is 4.79 Å². The summed E-state index contributed by atoms with van der Waals surface area (Å²) in [7, 11) is 0. The second kappa shape index (κ2) is 7.07. The van der Waals surface area contributed by atoms with Crippen LogP contribution in [0.3, 0.4) is 0 Å².